The Bertz CT molecular complexity index is 1830. The van der Waals surface area contributed by atoms with Gasteiger partial charge in [0.05, 0.1) is 5.69 Å². The van der Waals surface area contributed by atoms with Crippen molar-refractivity contribution in [3.63, 3.8) is 0 Å². The van der Waals surface area contributed by atoms with Gasteiger partial charge in [0.2, 0.25) is 5.95 Å². The first-order valence-electron chi connectivity index (χ1n) is 13.4. The Hall–Kier alpha value is -5.54. The molecule has 0 amide bonds. The van der Waals surface area contributed by atoms with E-state index >= 15 is 0 Å². The lowest BCUT2D eigenvalue weighted by atomic mass is 10.1. The van der Waals surface area contributed by atoms with E-state index in [0.717, 1.165) is 56.4 Å². The highest BCUT2D eigenvalue weighted by Gasteiger charge is 2.06. The van der Waals surface area contributed by atoms with Gasteiger partial charge in [0.1, 0.15) is 11.0 Å². The molecule has 0 spiro atoms. The van der Waals surface area contributed by atoms with Crippen molar-refractivity contribution in [2.45, 2.75) is 13.8 Å². The number of halogens is 1. The molecule has 0 aliphatic heterocycles. The minimum atomic E-state index is 0.451. The molecule has 4 heterocycles. The quantitative estimate of drug-likeness (QED) is 0.114. The van der Waals surface area contributed by atoms with Gasteiger partial charge in [-0.05, 0) is 91.2 Å². The van der Waals surface area contributed by atoms with E-state index in [1.54, 1.807) is 30.9 Å². The minimum Gasteiger partial charge on any atom is -0.399 e. The maximum Gasteiger partial charge on any atom is 0.227 e. The van der Waals surface area contributed by atoms with Crippen LogP contribution in [0.4, 0.5) is 34.5 Å². The summed E-state index contributed by atoms with van der Waals surface area (Å²) in [6, 6.07) is 24.8. The van der Waals surface area contributed by atoms with Gasteiger partial charge in [-0.1, -0.05) is 29.8 Å². The Morgan fingerprint density at radius 3 is 2.02 bits per heavy atom. The average molecular weight is 588 g/mol. The van der Waals surface area contributed by atoms with Crippen LogP contribution in [0, 0.1) is 13.8 Å². The first-order chi connectivity index (χ1) is 20.8. The average Bonchev–Trinajstić information content (AvgIpc) is 3.02. The largest absolute Gasteiger partial charge is 0.399 e. The number of nitrogens with one attached hydrogen (secondary N) is 2. The summed E-state index contributed by atoms with van der Waals surface area (Å²) in [6.07, 6.45) is 8.76. The zero-order valence-corrected chi connectivity index (χ0v) is 24.4. The normalized spacial score (nSPS) is 10.4. The predicted molar refractivity (Wildman–Crippen MR) is 175 cm³/mol. The molecule has 0 saturated carbocycles. The molecule has 0 bridgehead atoms. The fourth-order valence-electron chi connectivity index (χ4n) is 4.13. The summed E-state index contributed by atoms with van der Waals surface area (Å²) >= 11 is 5.80. The Morgan fingerprint density at radius 2 is 1.35 bits per heavy atom. The molecular weight excluding hydrogens is 558 g/mol. The Balaban J connectivity index is 0.000000171. The molecule has 4 aromatic heterocycles. The van der Waals surface area contributed by atoms with Crippen LogP contribution >= 0.6 is 11.6 Å². The molecule has 214 valence electrons. The fraction of sp³-hybridized carbons (Fsp3) is 0.0606. The number of aromatic nitrogens is 5. The summed E-state index contributed by atoms with van der Waals surface area (Å²) < 4.78 is 0. The molecular formula is C33H30ClN9. The second kappa shape index (κ2) is 13.4. The third kappa shape index (κ3) is 7.81. The van der Waals surface area contributed by atoms with E-state index in [9.17, 15) is 0 Å². The first kappa shape index (κ1) is 29.0. The maximum absolute atomic E-state index is 5.83. The van der Waals surface area contributed by atoms with Crippen LogP contribution in [0.1, 0.15) is 11.1 Å². The van der Waals surface area contributed by atoms with E-state index in [-0.39, 0.29) is 0 Å². The molecule has 0 aliphatic carbocycles. The van der Waals surface area contributed by atoms with Crippen molar-refractivity contribution in [1.29, 1.82) is 0 Å². The molecule has 6 rings (SSSR count). The number of hydrogen-bond donors (Lipinski definition) is 4. The van der Waals surface area contributed by atoms with E-state index in [1.165, 1.54) is 0 Å². The minimum absolute atomic E-state index is 0.451. The molecule has 6 N–H and O–H groups in total. The monoisotopic (exact) mass is 587 g/mol. The standard InChI is InChI=1S/C17H16N4.C16H14ClN5/c1-12-4-5-15(18)10-16(12)21-17-9-13(6-8-20-17)14-3-2-7-19-11-14;1-10-2-4-12(18)8-14(10)22-16-19-7-6-13(21-16)11-3-5-15(17)20-9-11/h2-11H,18H2,1H3,(H,20,21);2-9H,18H2,1H3,(H,19,21,22). The molecule has 6 aromatic rings. The van der Waals surface area contributed by atoms with Crippen molar-refractivity contribution in [2.24, 2.45) is 0 Å². The number of pyridine rings is 3. The van der Waals surface area contributed by atoms with E-state index in [0.29, 0.717) is 16.8 Å². The van der Waals surface area contributed by atoms with Crippen molar-refractivity contribution in [3.8, 4) is 22.4 Å². The van der Waals surface area contributed by atoms with Crippen LogP contribution < -0.4 is 22.1 Å². The number of nitrogens with two attached hydrogens (primary N) is 2. The topological polar surface area (TPSA) is 141 Å². The van der Waals surface area contributed by atoms with Crippen molar-refractivity contribution in [1.82, 2.24) is 24.9 Å². The van der Waals surface area contributed by atoms with E-state index in [1.807, 2.05) is 92.8 Å². The highest BCUT2D eigenvalue weighted by Crippen LogP contribution is 2.26. The second-order valence-electron chi connectivity index (χ2n) is 9.71. The molecule has 0 saturated heterocycles. The highest BCUT2D eigenvalue weighted by molar-refractivity contribution is 6.29. The molecule has 10 heteroatoms. The van der Waals surface area contributed by atoms with Crippen LogP contribution in [0.15, 0.2) is 110 Å². The lowest BCUT2D eigenvalue weighted by Gasteiger charge is -2.10. The number of benzene rings is 2. The SMILES string of the molecule is Cc1ccc(N)cc1Nc1cc(-c2cccnc2)ccn1.Cc1ccc(N)cc1Nc1nccc(-c2ccc(Cl)nc2)n1. The van der Waals surface area contributed by atoms with Gasteiger partial charge in [-0.15, -0.1) is 0 Å². The van der Waals surface area contributed by atoms with Crippen molar-refractivity contribution < 1.29 is 0 Å². The van der Waals surface area contributed by atoms with Gasteiger partial charge in [-0.2, -0.15) is 0 Å². The Kier molecular flexibility index (Phi) is 9.04. The highest BCUT2D eigenvalue weighted by atomic mass is 35.5. The third-order valence-corrected chi connectivity index (χ3v) is 6.69. The van der Waals surface area contributed by atoms with Crippen LogP contribution in [0.3, 0.4) is 0 Å². The van der Waals surface area contributed by atoms with Gasteiger partial charge >= 0.3 is 0 Å². The van der Waals surface area contributed by atoms with Gasteiger partial charge in [-0.3, -0.25) is 4.98 Å². The smallest absolute Gasteiger partial charge is 0.227 e. The summed E-state index contributed by atoms with van der Waals surface area (Å²) in [4.78, 5) is 21.3. The zero-order chi connectivity index (χ0) is 30.2. The van der Waals surface area contributed by atoms with Gasteiger partial charge < -0.3 is 22.1 Å². The molecule has 0 unspecified atom stereocenters. The number of rotatable bonds is 6. The number of hydrogen-bond acceptors (Lipinski definition) is 9. The van der Waals surface area contributed by atoms with Gasteiger partial charge in [0, 0.05) is 64.9 Å². The first-order valence-corrected chi connectivity index (χ1v) is 13.8. The molecule has 43 heavy (non-hydrogen) atoms. The van der Waals surface area contributed by atoms with Crippen LogP contribution in [-0.2, 0) is 0 Å². The van der Waals surface area contributed by atoms with Crippen molar-refractivity contribution >= 4 is 46.1 Å². The second-order valence-corrected chi connectivity index (χ2v) is 10.1. The molecule has 2 aromatic carbocycles. The number of aryl methyl sites for hydroxylation is 2. The van der Waals surface area contributed by atoms with Gasteiger partial charge in [0.15, 0.2) is 0 Å². The van der Waals surface area contributed by atoms with Crippen LogP contribution in [0.25, 0.3) is 22.4 Å². The summed E-state index contributed by atoms with van der Waals surface area (Å²) in [5, 5.41) is 6.95. The molecule has 9 nitrogen and oxygen atoms in total. The summed E-state index contributed by atoms with van der Waals surface area (Å²) in [5.41, 5.74) is 20.9. The number of nitrogens with zero attached hydrogens (tertiary/aromatic N) is 5. The fourth-order valence-corrected chi connectivity index (χ4v) is 4.24. The van der Waals surface area contributed by atoms with Crippen LogP contribution in [0.2, 0.25) is 5.15 Å². The molecule has 0 aliphatic rings. The van der Waals surface area contributed by atoms with Crippen molar-refractivity contribution in [2.75, 3.05) is 22.1 Å². The number of anilines is 6. The Morgan fingerprint density at radius 1 is 0.628 bits per heavy atom. The van der Waals surface area contributed by atoms with Gasteiger partial charge in [-0.25, -0.2) is 19.9 Å². The predicted octanol–water partition coefficient (Wildman–Crippen LogP) is 7.60. The lowest BCUT2D eigenvalue weighted by Crippen LogP contribution is -2.00. The van der Waals surface area contributed by atoms with Crippen LogP contribution in [0.5, 0.6) is 0 Å². The van der Waals surface area contributed by atoms with E-state index in [2.05, 4.69) is 35.6 Å². The summed E-state index contributed by atoms with van der Waals surface area (Å²) in [5.74, 6) is 1.28. The third-order valence-electron chi connectivity index (χ3n) is 6.47. The maximum atomic E-state index is 5.83. The van der Waals surface area contributed by atoms with E-state index in [4.69, 9.17) is 23.1 Å². The van der Waals surface area contributed by atoms with Gasteiger partial charge in [0.25, 0.3) is 0 Å². The van der Waals surface area contributed by atoms with Crippen LogP contribution in [-0.4, -0.2) is 24.9 Å². The van der Waals surface area contributed by atoms with E-state index < -0.39 is 0 Å². The zero-order valence-electron chi connectivity index (χ0n) is 23.7. The summed E-state index contributed by atoms with van der Waals surface area (Å²) in [7, 11) is 0. The summed E-state index contributed by atoms with van der Waals surface area (Å²) in [6.45, 7) is 4.03. The molecule has 0 atom stereocenters. The Labute approximate surface area is 255 Å². The molecule has 0 radical (unpaired) electrons. The number of nitrogen functional groups attached to an aromatic ring is 2. The van der Waals surface area contributed by atoms with Crippen molar-refractivity contribution in [3.05, 3.63) is 126 Å². The molecule has 0 fully saturated rings. The lowest BCUT2D eigenvalue weighted by molar-refractivity contribution is 1.16.